The van der Waals surface area contributed by atoms with Crippen molar-refractivity contribution in [3.63, 3.8) is 0 Å². The zero-order chi connectivity index (χ0) is 16.4. The van der Waals surface area contributed by atoms with Crippen LogP contribution >= 0.6 is 0 Å². The molecule has 0 fully saturated rings. The molecule has 120 valence electrons. The molecule has 3 N–H and O–H groups in total. The number of nitrogens with two attached hydrogens (primary N) is 1. The van der Waals surface area contributed by atoms with Gasteiger partial charge in [0.25, 0.3) is 0 Å². The van der Waals surface area contributed by atoms with Gasteiger partial charge in [0.2, 0.25) is 0 Å². The van der Waals surface area contributed by atoms with Crippen LogP contribution in [0.2, 0.25) is 0 Å². The van der Waals surface area contributed by atoms with Gasteiger partial charge in [-0.15, -0.1) is 0 Å². The van der Waals surface area contributed by atoms with Crippen LogP contribution in [-0.4, -0.2) is 39.3 Å². The van der Waals surface area contributed by atoms with Gasteiger partial charge in [0.15, 0.2) is 0 Å². The Hall–Kier alpha value is -2.54. The van der Waals surface area contributed by atoms with Gasteiger partial charge in [-0.1, -0.05) is 6.07 Å². The van der Waals surface area contributed by atoms with Gasteiger partial charge in [-0.2, -0.15) is 0 Å². The largest absolute Gasteiger partial charge is 0.495 e. The second kappa shape index (κ2) is 9.41. The molecule has 1 aromatic carbocycles. The number of hydrogen-bond acceptors (Lipinski definition) is 7. The van der Waals surface area contributed by atoms with E-state index in [4.69, 9.17) is 15.2 Å². The van der Waals surface area contributed by atoms with Gasteiger partial charge in [0.05, 0.1) is 19.9 Å². The molecule has 0 bridgehead atoms. The number of carbonyl (C=O) groups excluding carboxylic acids is 2. The number of nitrogens with one attached hydrogen (secondary N) is 1. The zero-order valence-electron chi connectivity index (χ0n) is 12.6. The van der Waals surface area contributed by atoms with E-state index in [9.17, 15) is 9.59 Å². The molecule has 0 aliphatic rings. The van der Waals surface area contributed by atoms with Gasteiger partial charge in [-0.05, 0) is 17.7 Å². The number of hydrogen-bond donors (Lipinski definition) is 2. The summed E-state index contributed by atoms with van der Waals surface area (Å²) in [4.78, 5) is 22.0. The molecule has 0 aromatic heterocycles. The van der Waals surface area contributed by atoms with Gasteiger partial charge >= 0.3 is 11.9 Å². The third-order valence-electron chi connectivity index (χ3n) is 2.70. The van der Waals surface area contributed by atoms with Crippen molar-refractivity contribution >= 4 is 17.6 Å². The van der Waals surface area contributed by atoms with Crippen LogP contribution in [-0.2, 0) is 25.6 Å². The predicted molar refractivity (Wildman–Crippen MR) is 81.2 cm³/mol. The van der Waals surface area contributed by atoms with Crippen LogP contribution < -0.4 is 15.8 Å². The van der Waals surface area contributed by atoms with Crippen LogP contribution in [0.1, 0.15) is 5.56 Å². The fraction of sp³-hybridized carbons (Fsp3) is 0.333. The second-order valence-corrected chi connectivity index (χ2v) is 4.28. The van der Waals surface area contributed by atoms with E-state index >= 15 is 0 Å². The maximum Gasteiger partial charge on any atom is 0.331 e. The topological polar surface area (TPSA) is 99.9 Å². The number of ether oxygens (including phenoxy) is 3. The lowest BCUT2D eigenvalue weighted by molar-refractivity contribution is -0.139. The summed E-state index contributed by atoms with van der Waals surface area (Å²) in [5.74, 6) is -0.567. The van der Waals surface area contributed by atoms with Crippen molar-refractivity contribution in [2.24, 2.45) is 0 Å². The molecular formula is C15H20N2O5. The number of carbonyl (C=O) groups is 2. The fourth-order valence-corrected chi connectivity index (χ4v) is 1.60. The zero-order valence-corrected chi connectivity index (χ0v) is 12.6. The second-order valence-electron chi connectivity index (χ2n) is 4.28. The molecule has 1 rings (SSSR count). The number of anilines is 1. The molecule has 0 heterocycles. The minimum Gasteiger partial charge on any atom is -0.495 e. The molecule has 0 aliphatic heterocycles. The summed E-state index contributed by atoms with van der Waals surface area (Å²) in [5, 5.41) is 3.11. The number of esters is 2. The minimum atomic E-state index is -0.604. The summed E-state index contributed by atoms with van der Waals surface area (Å²) in [6, 6.07) is 5.51. The molecule has 0 atom stereocenters. The Morgan fingerprint density at radius 3 is 2.59 bits per heavy atom. The Balaban J connectivity index is 2.23. The van der Waals surface area contributed by atoms with Crippen molar-refractivity contribution in [3.8, 4) is 5.75 Å². The highest BCUT2D eigenvalue weighted by Gasteiger charge is 2.01. The number of rotatable bonds is 8. The van der Waals surface area contributed by atoms with Crippen LogP contribution in [0, 0.1) is 0 Å². The van der Waals surface area contributed by atoms with Crippen molar-refractivity contribution in [3.05, 3.63) is 35.9 Å². The van der Waals surface area contributed by atoms with E-state index in [0.29, 0.717) is 24.5 Å². The van der Waals surface area contributed by atoms with Gasteiger partial charge in [0, 0.05) is 25.2 Å². The maximum atomic E-state index is 11.2. The summed E-state index contributed by atoms with van der Waals surface area (Å²) in [7, 11) is 2.79. The van der Waals surface area contributed by atoms with Crippen LogP contribution in [0.15, 0.2) is 30.4 Å². The molecule has 7 heteroatoms. The van der Waals surface area contributed by atoms with E-state index in [2.05, 4.69) is 10.1 Å². The lowest BCUT2D eigenvalue weighted by Gasteiger charge is -2.08. The Bertz CT molecular complexity index is 543. The monoisotopic (exact) mass is 308 g/mol. The Labute approximate surface area is 129 Å². The normalized spacial score (nSPS) is 10.5. The molecule has 0 radical (unpaired) electrons. The van der Waals surface area contributed by atoms with Gasteiger partial charge in [0.1, 0.15) is 12.4 Å². The van der Waals surface area contributed by atoms with Crippen molar-refractivity contribution in [2.75, 3.05) is 33.1 Å². The Morgan fingerprint density at radius 2 is 1.95 bits per heavy atom. The van der Waals surface area contributed by atoms with Crippen LogP contribution in [0.25, 0.3) is 0 Å². The molecule has 0 aliphatic carbocycles. The van der Waals surface area contributed by atoms with Gasteiger partial charge < -0.3 is 25.3 Å². The lowest BCUT2D eigenvalue weighted by Crippen LogP contribution is -2.20. The first-order valence-electron chi connectivity index (χ1n) is 6.62. The third-order valence-corrected chi connectivity index (χ3v) is 2.70. The van der Waals surface area contributed by atoms with Crippen LogP contribution in [0.5, 0.6) is 5.75 Å². The van der Waals surface area contributed by atoms with E-state index in [1.54, 1.807) is 13.2 Å². The highest BCUT2D eigenvalue weighted by Crippen LogP contribution is 2.21. The van der Waals surface area contributed by atoms with E-state index < -0.39 is 11.9 Å². The summed E-state index contributed by atoms with van der Waals surface area (Å²) < 4.78 is 14.3. The molecule has 7 nitrogen and oxygen atoms in total. The van der Waals surface area contributed by atoms with Crippen molar-refractivity contribution in [1.82, 2.24) is 5.32 Å². The molecule has 0 amide bonds. The maximum absolute atomic E-state index is 11.2. The average Bonchev–Trinajstić information content (AvgIpc) is 2.52. The van der Waals surface area contributed by atoms with E-state index in [0.717, 1.165) is 17.7 Å². The Morgan fingerprint density at radius 1 is 1.23 bits per heavy atom. The summed E-state index contributed by atoms with van der Waals surface area (Å²) in [6.45, 7) is 1.25. The van der Waals surface area contributed by atoms with Crippen LogP contribution in [0.3, 0.4) is 0 Å². The van der Waals surface area contributed by atoms with E-state index in [-0.39, 0.29) is 6.61 Å². The van der Waals surface area contributed by atoms with Gasteiger partial charge in [-0.3, -0.25) is 0 Å². The third kappa shape index (κ3) is 6.27. The highest BCUT2D eigenvalue weighted by atomic mass is 16.5. The van der Waals surface area contributed by atoms with E-state index in [1.807, 2.05) is 12.1 Å². The summed E-state index contributed by atoms with van der Waals surface area (Å²) >= 11 is 0. The first-order valence-corrected chi connectivity index (χ1v) is 6.62. The first kappa shape index (κ1) is 17.5. The number of nitrogen functional groups attached to an aromatic ring is 1. The average molecular weight is 308 g/mol. The summed E-state index contributed by atoms with van der Waals surface area (Å²) in [6.07, 6.45) is 2.03. The molecule has 0 saturated heterocycles. The fourth-order valence-electron chi connectivity index (χ4n) is 1.60. The molecule has 0 spiro atoms. The molecule has 1 aromatic rings. The van der Waals surface area contributed by atoms with Crippen LogP contribution in [0.4, 0.5) is 5.69 Å². The van der Waals surface area contributed by atoms with Gasteiger partial charge in [-0.25, -0.2) is 9.59 Å². The lowest BCUT2D eigenvalue weighted by atomic mass is 10.2. The quantitative estimate of drug-likeness (QED) is 0.314. The first-order chi connectivity index (χ1) is 10.6. The number of methoxy groups -OCH3 is 2. The molecule has 0 saturated carbocycles. The predicted octanol–water partition coefficient (Wildman–Crippen LogP) is 0.639. The minimum absolute atomic E-state index is 0.190. The van der Waals surface area contributed by atoms with E-state index in [1.165, 1.54) is 7.11 Å². The smallest absolute Gasteiger partial charge is 0.331 e. The SMILES string of the molecule is COC(=O)C=CC(=O)OCCNCc1ccc(OC)c(N)c1. The standard InChI is InChI=1S/C15H20N2O5/c1-20-13-4-3-11(9-12(13)16)10-17-7-8-22-15(19)6-5-14(18)21-2/h3-6,9,17H,7-8,10,16H2,1-2H3. The Kier molecular flexibility index (Phi) is 7.49. The molecule has 22 heavy (non-hydrogen) atoms. The summed E-state index contributed by atoms with van der Waals surface area (Å²) in [5.41, 5.74) is 7.37. The van der Waals surface area contributed by atoms with Crippen molar-refractivity contribution in [2.45, 2.75) is 6.54 Å². The highest BCUT2D eigenvalue weighted by molar-refractivity contribution is 5.91. The molecular weight excluding hydrogens is 288 g/mol. The van der Waals surface area contributed by atoms with Crippen molar-refractivity contribution < 1.29 is 23.8 Å². The van der Waals surface area contributed by atoms with Crippen molar-refractivity contribution in [1.29, 1.82) is 0 Å². The number of benzene rings is 1. The molecule has 0 unspecified atom stereocenters.